The van der Waals surface area contributed by atoms with E-state index >= 15 is 0 Å². The van der Waals surface area contributed by atoms with Gasteiger partial charge in [0.2, 0.25) is 0 Å². The van der Waals surface area contributed by atoms with Gasteiger partial charge < -0.3 is 0 Å². The van der Waals surface area contributed by atoms with Crippen LogP contribution in [0.25, 0.3) is 0 Å². The fourth-order valence-electron chi connectivity index (χ4n) is 2.04. The van der Waals surface area contributed by atoms with E-state index in [-0.39, 0.29) is 5.78 Å². The van der Waals surface area contributed by atoms with Crippen LogP contribution in [0.15, 0.2) is 46.9 Å². The molecule has 0 bridgehead atoms. The minimum atomic E-state index is 0.151. The number of hydrogen-bond acceptors (Lipinski definition) is 2. The lowest BCUT2D eigenvalue weighted by Crippen LogP contribution is -1.97. The fourth-order valence-corrected chi connectivity index (χ4v) is 3.03. The summed E-state index contributed by atoms with van der Waals surface area (Å²) in [6.45, 7) is 0. The Labute approximate surface area is 92.9 Å². The summed E-state index contributed by atoms with van der Waals surface area (Å²) in [4.78, 5) is 13.1. The molecular formula is C13H10OS. The van der Waals surface area contributed by atoms with Crippen LogP contribution in [0.1, 0.15) is 15.9 Å². The predicted octanol–water partition coefficient (Wildman–Crippen LogP) is 2.98. The van der Waals surface area contributed by atoms with Crippen molar-refractivity contribution in [3.63, 3.8) is 0 Å². The van der Waals surface area contributed by atoms with Gasteiger partial charge in [-0.15, -0.1) is 11.8 Å². The highest BCUT2D eigenvalue weighted by atomic mass is 32.2. The molecule has 1 aliphatic carbocycles. The molecule has 0 atom stereocenters. The molecule has 2 aliphatic rings. The molecule has 1 aromatic carbocycles. The number of carbonyl (C=O) groups excluding carboxylic acids is 1. The third kappa shape index (κ3) is 1.45. The summed E-state index contributed by atoms with van der Waals surface area (Å²) in [6, 6.07) is 7.90. The van der Waals surface area contributed by atoms with E-state index in [0.717, 1.165) is 28.2 Å². The molecule has 2 heteroatoms. The Bertz CT molecular complexity index is 497. The molecule has 0 saturated heterocycles. The Morgan fingerprint density at radius 3 is 3.00 bits per heavy atom. The summed E-state index contributed by atoms with van der Waals surface area (Å²) in [5.41, 5.74) is 3.33. The van der Waals surface area contributed by atoms with E-state index in [4.69, 9.17) is 0 Å². The molecule has 1 aromatic rings. The van der Waals surface area contributed by atoms with Gasteiger partial charge in [-0.1, -0.05) is 30.3 Å². The van der Waals surface area contributed by atoms with Crippen LogP contribution in [0.3, 0.4) is 0 Å². The Balaban J connectivity index is 2.18. The molecule has 0 spiro atoms. The highest BCUT2D eigenvalue weighted by Gasteiger charge is 2.21. The second-order valence-corrected chi connectivity index (χ2v) is 4.81. The largest absolute Gasteiger partial charge is 0.289 e. The molecule has 1 heterocycles. The number of rotatable bonds is 0. The highest BCUT2D eigenvalue weighted by Crippen LogP contribution is 2.36. The van der Waals surface area contributed by atoms with Crippen molar-refractivity contribution in [2.75, 3.05) is 5.75 Å². The van der Waals surface area contributed by atoms with Gasteiger partial charge in [-0.2, -0.15) is 0 Å². The molecule has 1 nitrogen and oxygen atoms in total. The Morgan fingerprint density at radius 1 is 1.20 bits per heavy atom. The van der Waals surface area contributed by atoms with Crippen LogP contribution in [-0.4, -0.2) is 11.5 Å². The molecule has 0 amide bonds. The van der Waals surface area contributed by atoms with Gasteiger partial charge in [0.1, 0.15) is 0 Å². The van der Waals surface area contributed by atoms with Gasteiger partial charge in [-0.05, 0) is 23.6 Å². The van der Waals surface area contributed by atoms with E-state index in [9.17, 15) is 4.79 Å². The summed E-state index contributed by atoms with van der Waals surface area (Å²) >= 11 is 1.76. The first-order valence-electron chi connectivity index (χ1n) is 5.01. The number of benzene rings is 1. The molecule has 0 N–H and O–H groups in total. The number of hydrogen-bond donors (Lipinski definition) is 0. The quantitative estimate of drug-likeness (QED) is 0.660. The highest BCUT2D eigenvalue weighted by molar-refractivity contribution is 8.03. The number of allylic oxidation sites excluding steroid dienone is 2. The van der Waals surface area contributed by atoms with E-state index in [1.807, 2.05) is 24.3 Å². The van der Waals surface area contributed by atoms with Crippen molar-refractivity contribution in [3.8, 4) is 0 Å². The maximum Gasteiger partial charge on any atom is 0.187 e. The molecular weight excluding hydrogens is 204 g/mol. The normalized spacial score (nSPS) is 18.8. The second-order valence-electron chi connectivity index (χ2n) is 3.75. The first-order valence-corrected chi connectivity index (χ1v) is 5.99. The third-order valence-electron chi connectivity index (χ3n) is 2.81. The average Bonchev–Trinajstić information content (AvgIpc) is 2.61. The van der Waals surface area contributed by atoms with Gasteiger partial charge in [0.05, 0.1) is 0 Å². The van der Waals surface area contributed by atoms with Crippen LogP contribution in [0.5, 0.6) is 0 Å². The van der Waals surface area contributed by atoms with Gasteiger partial charge in [0.25, 0.3) is 0 Å². The van der Waals surface area contributed by atoms with Gasteiger partial charge in [-0.25, -0.2) is 0 Å². The van der Waals surface area contributed by atoms with E-state index in [2.05, 4.69) is 6.08 Å². The lowest BCUT2D eigenvalue weighted by molar-refractivity contribution is 0.104. The Morgan fingerprint density at radius 2 is 2.07 bits per heavy atom. The van der Waals surface area contributed by atoms with Gasteiger partial charge >= 0.3 is 0 Å². The number of ketones is 1. The monoisotopic (exact) mass is 214 g/mol. The predicted molar refractivity (Wildman–Crippen MR) is 63.1 cm³/mol. The SMILES string of the molecule is O=C1C=C2SCC=C2Cc2ccccc21. The number of carbonyl (C=O) groups is 1. The van der Waals surface area contributed by atoms with Crippen molar-refractivity contribution in [2.24, 2.45) is 0 Å². The standard InChI is InChI=1S/C13H10OS/c14-12-8-13-10(5-6-15-13)7-9-3-1-2-4-11(9)12/h1-5,8H,6-7H2. The maximum atomic E-state index is 11.9. The lowest BCUT2D eigenvalue weighted by atomic mass is 10.0. The summed E-state index contributed by atoms with van der Waals surface area (Å²) in [7, 11) is 0. The van der Waals surface area contributed by atoms with Gasteiger partial charge in [0.15, 0.2) is 5.78 Å². The average molecular weight is 214 g/mol. The first kappa shape index (κ1) is 8.98. The molecule has 0 unspecified atom stereocenters. The van der Waals surface area contributed by atoms with Crippen LogP contribution in [0.4, 0.5) is 0 Å². The van der Waals surface area contributed by atoms with E-state index in [0.29, 0.717) is 0 Å². The maximum absolute atomic E-state index is 11.9. The number of fused-ring (bicyclic) bond motifs is 2. The zero-order chi connectivity index (χ0) is 10.3. The van der Waals surface area contributed by atoms with E-state index in [1.54, 1.807) is 17.8 Å². The second kappa shape index (κ2) is 3.38. The smallest absolute Gasteiger partial charge is 0.187 e. The van der Waals surface area contributed by atoms with Crippen LogP contribution < -0.4 is 0 Å². The summed E-state index contributed by atoms with van der Waals surface area (Å²) in [5, 5.41) is 0. The van der Waals surface area contributed by atoms with E-state index < -0.39 is 0 Å². The molecule has 0 fully saturated rings. The number of thioether (sulfide) groups is 1. The van der Waals surface area contributed by atoms with Crippen molar-refractivity contribution < 1.29 is 4.79 Å². The Kier molecular flexibility index (Phi) is 2.03. The molecule has 15 heavy (non-hydrogen) atoms. The topological polar surface area (TPSA) is 17.1 Å². The Hall–Kier alpha value is -1.28. The van der Waals surface area contributed by atoms with Crippen molar-refractivity contribution in [3.05, 3.63) is 58.0 Å². The molecule has 3 rings (SSSR count). The van der Waals surface area contributed by atoms with Gasteiger partial charge in [0, 0.05) is 16.2 Å². The molecule has 74 valence electrons. The molecule has 0 radical (unpaired) electrons. The van der Waals surface area contributed by atoms with Crippen LogP contribution in [0, 0.1) is 0 Å². The summed E-state index contributed by atoms with van der Waals surface area (Å²) < 4.78 is 0. The fraction of sp³-hybridized carbons (Fsp3) is 0.154. The van der Waals surface area contributed by atoms with Crippen LogP contribution in [-0.2, 0) is 6.42 Å². The minimum Gasteiger partial charge on any atom is -0.289 e. The van der Waals surface area contributed by atoms with Gasteiger partial charge in [-0.3, -0.25) is 4.79 Å². The minimum absolute atomic E-state index is 0.151. The van der Waals surface area contributed by atoms with Crippen molar-refractivity contribution >= 4 is 17.5 Å². The van der Waals surface area contributed by atoms with Crippen molar-refractivity contribution in [2.45, 2.75) is 6.42 Å². The summed E-state index contributed by atoms with van der Waals surface area (Å²) in [6.07, 6.45) is 4.92. The summed E-state index contributed by atoms with van der Waals surface area (Å²) in [5.74, 6) is 1.16. The zero-order valence-electron chi connectivity index (χ0n) is 8.19. The van der Waals surface area contributed by atoms with Crippen LogP contribution in [0.2, 0.25) is 0 Å². The van der Waals surface area contributed by atoms with Crippen molar-refractivity contribution in [1.29, 1.82) is 0 Å². The first-order chi connectivity index (χ1) is 7.34. The van der Waals surface area contributed by atoms with Crippen LogP contribution >= 0.6 is 11.8 Å². The molecule has 0 aromatic heterocycles. The van der Waals surface area contributed by atoms with E-state index in [1.165, 1.54) is 5.57 Å². The lowest BCUT2D eigenvalue weighted by Gasteiger charge is -2.03. The molecule has 0 saturated carbocycles. The molecule has 1 aliphatic heterocycles. The third-order valence-corrected chi connectivity index (χ3v) is 3.84. The zero-order valence-corrected chi connectivity index (χ0v) is 9.01. The van der Waals surface area contributed by atoms with Crippen molar-refractivity contribution in [1.82, 2.24) is 0 Å².